The Bertz CT molecular complexity index is 907. The maximum absolute atomic E-state index is 12.6. The Morgan fingerprint density at radius 2 is 1.88 bits per heavy atom. The fourth-order valence-electron chi connectivity index (χ4n) is 2.29. The fraction of sp³-hybridized carbons (Fsp3) is 0.105. The zero-order valence-corrected chi connectivity index (χ0v) is 17.4. The highest BCUT2D eigenvalue weighted by atomic mass is 79.9. The molecule has 2 aromatic carbocycles. The van der Waals surface area contributed by atoms with Crippen molar-refractivity contribution < 1.29 is 4.79 Å². The van der Waals surface area contributed by atoms with Crippen molar-refractivity contribution in [2.24, 2.45) is 5.10 Å². The first kappa shape index (κ1) is 18.8. The molecule has 1 aliphatic heterocycles. The van der Waals surface area contributed by atoms with Gasteiger partial charge in [-0.25, -0.2) is 0 Å². The van der Waals surface area contributed by atoms with Crippen LogP contribution in [0, 0.1) is 0 Å². The number of rotatable bonds is 4. The molecule has 1 aliphatic rings. The van der Waals surface area contributed by atoms with E-state index < -0.39 is 0 Å². The van der Waals surface area contributed by atoms with Crippen LogP contribution in [0.25, 0.3) is 6.08 Å². The van der Waals surface area contributed by atoms with Gasteiger partial charge in [-0.15, -0.1) is 0 Å². The minimum absolute atomic E-state index is 0.207. The van der Waals surface area contributed by atoms with Gasteiger partial charge in [-0.1, -0.05) is 52.0 Å². The molecule has 0 atom stereocenters. The zero-order chi connectivity index (χ0) is 18.7. The Morgan fingerprint density at radius 1 is 1.15 bits per heavy atom. The van der Waals surface area contributed by atoms with E-state index >= 15 is 0 Å². The average molecular weight is 446 g/mol. The van der Waals surface area contributed by atoms with Gasteiger partial charge in [0.25, 0.3) is 5.91 Å². The summed E-state index contributed by atoms with van der Waals surface area (Å²) in [4.78, 5) is 15.2. The summed E-state index contributed by atoms with van der Waals surface area (Å²) in [5.74, 6) is -0.207. The van der Waals surface area contributed by atoms with Gasteiger partial charge in [0.2, 0.25) is 0 Å². The van der Waals surface area contributed by atoms with Gasteiger partial charge in [0.1, 0.15) is 0 Å². The molecule has 0 spiro atoms. The van der Waals surface area contributed by atoms with E-state index in [0.717, 1.165) is 21.3 Å². The summed E-state index contributed by atoms with van der Waals surface area (Å²) in [7, 11) is 3.97. The summed E-state index contributed by atoms with van der Waals surface area (Å²) < 4.78 is 1.39. The second-order valence-corrected chi connectivity index (χ2v) is 8.37. The quantitative estimate of drug-likeness (QED) is 0.386. The maximum Gasteiger partial charge on any atom is 0.286 e. The number of benzene rings is 2. The van der Waals surface area contributed by atoms with Gasteiger partial charge in [-0.3, -0.25) is 4.79 Å². The lowest BCUT2D eigenvalue weighted by Crippen LogP contribution is -2.22. The van der Waals surface area contributed by atoms with Crippen molar-refractivity contribution >= 4 is 68.1 Å². The van der Waals surface area contributed by atoms with Crippen molar-refractivity contribution in [1.82, 2.24) is 5.01 Å². The first-order chi connectivity index (χ1) is 12.4. The highest BCUT2D eigenvalue weighted by molar-refractivity contribution is 9.10. The SMILES string of the molecule is CN(C)c1ccc(C=NN2C(=O)C(=Cc3cccc(Br)c3)SC2=S)cc1. The minimum atomic E-state index is -0.207. The van der Waals surface area contributed by atoms with E-state index in [2.05, 4.69) is 21.0 Å². The van der Waals surface area contributed by atoms with Crippen molar-refractivity contribution in [3.63, 3.8) is 0 Å². The molecule has 2 aromatic rings. The number of carbonyl (C=O) groups is 1. The predicted molar refractivity (Wildman–Crippen MR) is 118 cm³/mol. The summed E-state index contributed by atoms with van der Waals surface area (Å²) in [6.45, 7) is 0. The first-order valence-corrected chi connectivity index (χ1v) is 9.81. The van der Waals surface area contributed by atoms with Gasteiger partial charge in [0, 0.05) is 24.3 Å². The largest absolute Gasteiger partial charge is 0.378 e. The van der Waals surface area contributed by atoms with E-state index in [1.54, 1.807) is 6.21 Å². The van der Waals surface area contributed by atoms with Crippen molar-refractivity contribution in [2.45, 2.75) is 0 Å². The van der Waals surface area contributed by atoms with Crippen LogP contribution in [0.2, 0.25) is 0 Å². The monoisotopic (exact) mass is 445 g/mol. The summed E-state index contributed by atoms with van der Waals surface area (Å²) in [5.41, 5.74) is 2.94. The molecule has 0 aromatic heterocycles. The van der Waals surface area contributed by atoms with Gasteiger partial charge in [-0.05, 0) is 53.7 Å². The molecule has 0 unspecified atom stereocenters. The van der Waals surface area contributed by atoms with E-state index in [-0.39, 0.29) is 5.91 Å². The molecule has 0 N–H and O–H groups in total. The number of halogens is 1. The molecule has 4 nitrogen and oxygen atoms in total. The molecule has 0 saturated carbocycles. The van der Waals surface area contributed by atoms with Crippen LogP contribution in [-0.2, 0) is 4.79 Å². The van der Waals surface area contributed by atoms with Gasteiger partial charge in [-0.2, -0.15) is 10.1 Å². The van der Waals surface area contributed by atoms with Crippen LogP contribution in [0.15, 0.2) is 63.0 Å². The number of thiocarbonyl (C=S) groups is 1. The van der Waals surface area contributed by atoms with Crippen LogP contribution >= 0.6 is 39.9 Å². The molecule has 1 amide bonds. The molecule has 7 heteroatoms. The average Bonchev–Trinajstić information content (AvgIpc) is 2.87. The van der Waals surface area contributed by atoms with Crippen molar-refractivity contribution in [2.75, 3.05) is 19.0 Å². The third-order valence-electron chi connectivity index (χ3n) is 3.65. The Morgan fingerprint density at radius 3 is 2.54 bits per heavy atom. The summed E-state index contributed by atoms with van der Waals surface area (Å²) >= 11 is 9.99. The highest BCUT2D eigenvalue weighted by Crippen LogP contribution is 2.33. The summed E-state index contributed by atoms with van der Waals surface area (Å²) in [5, 5.41) is 5.54. The number of nitrogens with zero attached hydrogens (tertiary/aromatic N) is 3. The molecular formula is C19H16BrN3OS2. The lowest BCUT2D eigenvalue weighted by atomic mass is 10.2. The third-order valence-corrected chi connectivity index (χ3v) is 5.43. The van der Waals surface area contributed by atoms with Gasteiger partial charge >= 0.3 is 0 Å². The molecule has 1 saturated heterocycles. The number of amides is 1. The molecule has 26 heavy (non-hydrogen) atoms. The highest BCUT2D eigenvalue weighted by Gasteiger charge is 2.32. The van der Waals surface area contributed by atoms with E-state index in [1.807, 2.05) is 73.6 Å². The third kappa shape index (κ3) is 4.41. The lowest BCUT2D eigenvalue weighted by molar-refractivity contribution is -0.122. The smallest absolute Gasteiger partial charge is 0.286 e. The number of hydrogen-bond donors (Lipinski definition) is 0. The van der Waals surface area contributed by atoms with Gasteiger partial charge in [0.05, 0.1) is 11.1 Å². The van der Waals surface area contributed by atoms with Crippen LogP contribution in [0.3, 0.4) is 0 Å². The topological polar surface area (TPSA) is 35.9 Å². The Hall–Kier alpha value is -1.96. The van der Waals surface area contributed by atoms with Gasteiger partial charge in [0.15, 0.2) is 4.32 Å². The first-order valence-electron chi connectivity index (χ1n) is 7.79. The Labute approximate surface area is 170 Å². The van der Waals surface area contributed by atoms with E-state index in [4.69, 9.17) is 12.2 Å². The van der Waals surface area contributed by atoms with Crippen LogP contribution in [0.4, 0.5) is 5.69 Å². The second kappa shape index (κ2) is 8.16. The van der Waals surface area contributed by atoms with Crippen molar-refractivity contribution in [3.8, 4) is 0 Å². The minimum Gasteiger partial charge on any atom is -0.378 e. The van der Waals surface area contributed by atoms with Crippen LogP contribution < -0.4 is 4.90 Å². The molecule has 3 rings (SSSR count). The van der Waals surface area contributed by atoms with Crippen molar-refractivity contribution in [1.29, 1.82) is 0 Å². The Balaban J connectivity index is 1.76. The number of anilines is 1. The van der Waals surface area contributed by atoms with Crippen LogP contribution in [0.5, 0.6) is 0 Å². The summed E-state index contributed by atoms with van der Waals surface area (Å²) in [6.07, 6.45) is 3.47. The molecular weight excluding hydrogens is 430 g/mol. The number of carbonyl (C=O) groups excluding carboxylic acids is 1. The molecule has 0 aliphatic carbocycles. The molecule has 0 radical (unpaired) electrons. The second-order valence-electron chi connectivity index (χ2n) is 5.78. The standard InChI is InChI=1S/C19H16BrN3OS2/c1-22(2)16-8-6-13(7-9-16)12-21-23-18(24)17(26-19(23)25)11-14-4-3-5-15(20)10-14/h3-12H,1-2H3. The normalized spacial score (nSPS) is 16.1. The van der Waals surface area contributed by atoms with Crippen molar-refractivity contribution in [3.05, 3.63) is 69.0 Å². The van der Waals surface area contributed by atoms with E-state index in [9.17, 15) is 4.79 Å². The van der Waals surface area contributed by atoms with Crippen LogP contribution in [-0.4, -0.2) is 35.5 Å². The molecule has 1 fully saturated rings. The molecule has 0 bridgehead atoms. The molecule has 1 heterocycles. The summed E-state index contributed by atoms with van der Waals surface area (Å²) in [6, 6.07) is 15.6. The maximum atomic E-state index is 12.6. The van der Waals surface area contributed by atoms with E-state index in [0.29, 0.717) is 9.23 Å². The number of hydrazone groups is 1. The molecule has 132 valence electrons. The van der Waals surface area contributed by atoms with Gasteiger partial charge < -0.3 is 4.90 Å². The van der Waals surface area contributed by atoms with Crippen LogP contribution in [0.1, 0.15) is 11.1 Å². The predicted octanol–water partition coefficient (Wildman–Crippen LogP) is 4.75. The number of hydrogen-bond acceptors (Lipinski definition) is 5. The fourth-order valence-corrected chi connectivity index (χ4v) is 3.88. The lowest BCUT2D eigenvalue weighted by Gasteiger charge is -2.12. The van der Waals surface area contributed by atoms with E-state index in [1.165, 1.54) is 16.8 Å². The Kier molecular flexibility index (Phi) is 5.90. The number of thioether (sulfide) groups is 1. The zero-order valence-electron chi connectivity index (χ0n) is 14.2.